The molecule has 1 aliphatic rings. The Balaban J connectivity index is 1.45. The van der Waals surface area contributed by atoms with Crippen molar-refractivity contribution in [2.45, 2.75) is 6.92 Å². The molecule has 1 N–H and O–H groups in total. The van der Waals surface area contributed by atoms with E-state index in [9.17, 15) is 14.9 Å². The highest BCUT2D eigenvalue weighted by Crippen LogP contribution is 2.21. The van der Waals surface area contributed by atoms with Gasteiger partial charge in [-0.3, -0.25) is 19.8 Å². The SMILES string of the molecule is COc1ccc(N2CCN(CCNC(=O)c3cccc([N+](=O)[O-])c3C)CC2)cc1. The Bertz CT molecular complexity index is 861. The molecule has 29 heavy (non-hydrogen) atoms. The lowest BCUT2D eigenvalue weighted by molar-refractivity contribution is -0.385. The van der Waals surface area contributed by atoms with Gasteiger partial charge < -0.3 is 15.0 Å². The summed E-state index contributed by atoms with van der Waals surface area (Å²) in [5.74, 6) is 0.574. The lowest BCUT2D eigenvalue weighted by Gasteiger charge is -2.36. The number of nitro groups is 1. The standard InChI is InChI=1S/C21H26N4O4/c1-16-19(4-3-5-20(16)25(27)28)21(26)22-10-11-23-12-14-24(15-13-23)17-6-8-18(29-2)9-7-17/h3-9H,10-15H2,1-2H3,(H,22,26). The van der Waals surface area contributed by atoms with Crippen LogP contribution in [0.4, 0.5) is 11.4 Å². The molecular weight excluding hydrogens is 372 g/mol. The summed E-state index contributed by atoms with van der Waals surface area (Å²) in [5.41, 5.74) is 1.89. The van der Waals surface area contributed by atoms with Crippen molar-refractivity contribution in [1.82, 2.24) is 10.2 Å². The Labute approximate surface area is 170 Å². The molecule has 0 unspecified atom stereocenters. The van der Waals surface area contributed by atoms with Crippen LogP contribution in [-0.2, 0) is 0 Å². The Morgan fingerprint density at radius 1 is 1.14 bits per heavy atom. The van der Waals surface area contributed by atoms with E-state index in [4.69, 9.17) is 4.74 Å². The minimum atomic E-state index is -0.464. The number of nitrogens with zero attached hydrogens (tertiary/aromatic N) is 3. The largest absolute Gasteiger partial charge is 0.497 e. The van der Waals surface area contributed by atoms with E-state index in [1.807, 2.05) is 12.1 Å². The average molecular weight is 398 g/mol. The summed E-state index contributed by atoms with van der Waals surface area (Å²) in [6.45, 7) is 6.52. The summed E-state index contributed by atoms with van der Waals surface area (Å²) < 4.78 is 5.20. The number of hydrogen-bond acceptors (Lipinski definition) is 6. The van der Waals surface area contributed by atoms with Gasteiger partial charge in [-0.25, -0.2) is 0 Å². The third-order valence-corrected chi connectivity index (χ3v) is 5.27. The van der Waals surface area contributed by atoms with Crippen molar-refractivity contribution >= 4 is 17.3 Å². The number of nitro benzene ring substituents is 1. The Morgan fingerprint density at radius 2 is 1.83 bits per heavy atom. The molecule has 0 spiro atoms. The summed E-state index contributed by atoms with van der Waals surface area (Å²) in [7, 11) is 1.66. The minimum absolute atomic E-state index is 0.0349. The number of carbonyl (C=O) groups excluding carboxylic acids is 1. The van der Waals surface area contributed by atoms with E-state index in [1.54, 1.807) is 26.2 Å². The fourth-order valence-corrected chi connectivity index (χ4v) is 3.51. The highest BCUT2D eigenvalue weighted by Gasteiger charge is 2.19. The topological polar surface area (TPSA) is 88.0 Å². The monoisotopic (exact) mass is 398 g/mol. The molecule has 3 rings (SSSR count). The van der Waals surface area contributed by atoms with Crippen molar-refractivity contribution in [3.05, 3.63) is 63.7 Å². The molecule has 8 heteroatoms. The zero-order valence-corrected chi connectivity index (χ0v) is 16.8. The van der Waals surface area contributed by atoms with Crippen molar-refractivity contribution in [2.75, 3.05) is 51.3 Å². The third kappa shape index (κ3) is 5.03. The van der Waals surface area contributed by atoms with Gasteiger partial charge in [0, 0.05) is 62.1 Å². The van der Waals surface area contributed by atoms with Gasteiger partial charge in [0.25, 0.3) is 11.6 Å². The maximum Gasteiger partial charge on any atom is 0.273 e. The molecule has 8 nitrogen and oxygen atoms in total. The van der Waals surface area contributed by atoms with Crippen molar-refractivity contribution < 1.29 is 14.5 Å². The van der Waals surface area contributed by atoms with Crippen molar-refractivity contribution in [2.24, 2.45) is 0 Å². The molecule has 0 saturated carbocycles. The van der Waals surface area contributed by atoms with Crippen LogP contribution in [-0.4, -0.2) is 62.1 Å². The summed E-state index contributed by atoms with van der Waals surface area (Å²) in [4.78, 5) is 27.6. The van der Waals surface area contributed by atoms with E-state index in [0.717, 1.165) is 38.5 Å². The molecule has 1 fully saturated rings. The number of methoxy groups -OCH3 is 1. The molecule has 1 saturated heterocycles. The predicted octanol–water partition coefficient (Wildman–Crippen LogP) is 2.46. The molecular formula is C21H26N4O4. The molecule has 154 valence electrons. The minimum Gasteiger partial charge on any atom is -0.497 e. The second kappa shape index (κ2) is 9.38. The third-order valence-electron chi connectivity index (χ3n) is 5.27. The molecule has 0 atom stereocenters. The lowest BCUT2D eigenvalue weighted by atomic mass is 10.1. The summed E-state index contributed by atoms with van der Waals surface area (Å²) in [5, 5.41) is 13.9. The van der Waals surface area contributed by atoms with E-state index in [0.29, 0.717) is 17.7 Å². The molecule has 0 aliphatic carbocycles. The van der Waals surface area contributed by atoms with Gasteiger partial charge in [-0.1, -0.05) is 6.07 Å². The van der Waals surface area contributed by atoms with Crippen LogP contribution in [0.15, 0.2) is 42.5 Å². The first kappa shape index (κ1) is 20.6. The summed E-state index contributed by atoms with van der Waals surface area (Å²) in [6.07, 6.45) is 0. The van der Waals surface area contributed by atoms with Gasteiger partial charge in [0.1, 0.15) is 5.75 Å². The van der Waals surface area contributed by atoms with E-state index in [1.165, 1.54) is 11.8 Å². The Hall–Kier alpha value is -3.13. The van der Waals surface area contributed by atoms with Crippen LogP contribution < -0.4 is 15.0 Å². The number of hydrogen-bond donors (Lipinski definition) is 1. The van der Waals surface area contributed by atoms with Crippen LogP contribution in [0.3, 0.4) is 0 Å². The Kier molecular flexibility index (Phi) is 6.66. The number of piperazine rings is 1. The average Bonchev–Trinajstić information content (AvgIpc) is 2.74. The van der Waals surface area contributed by atoms with Gasteiger partial charge in [0.15, 0.2) is 0 Å². The number of rotatable bonds is 7. The molecule has 1 amide bonds. The quantitative estimate of drug-likeness (QED) is 0.569. The van der Waals surface area contributed by atoms with Gasteiger partial charge >= 0.3 is 0 Å². The zero-order chi connectivity index (χ0) is 20.8. The van der Waals surface area contributed by atoms with Crippen LogP contribution in [0.2, 0.25) is 0 Å². The molecule has 1 aliphatic heterocycles. The fourth-order valence-electron chi connectivity index (χ4n) is 3.51. The summed E-state index contributed by atoms with van der Waals surface area (Å²) >= 11 is 0. The normalized spacial score (nSPS) is 14.5. The summed E-state index contributed by atoms with van der Waals surface area (Å²) in [6, 6.07) is 12.6. The van der Waals surface area contributed by atoms with Gasteiger partial charge in [-0.2, -0.15) is 0 Å². The molecule has 1 heterocycles. The van der Waals surface area contributed by atoms with E-state index in [2.05, 4.69) is 27.2 Å². The van der Waals surface area contributed by atoms with E-state index in [-0.39, 0.29) is 11.6 Å². The maximum absolute atomic E-state index is 12.4. The second-order valence-electron chi connectivity index (χ2n) is 6.99. The van der Waals surface area contributed by atoms with Crippen LogP contribution in [0.5, 0.6) is 5.75 Å². The van der Waals surface area contributed by atoms with E-state index >= 15 is 0 Å². The van der Waals surface area contributed by atoms with Crippen LogP contribution in [0.25, 0.3) is 0 Å². The number of benzene rings is 2. The maximum atomic E-state index is 12.4. The van der Waals surface area contributed by atoms with Gasteiger partial charge in [0.2, 0.25) is 0 Å². The number of amides is 1. The Morgan fingerprint density at radius 3 is 2.45 bits per heavy atom. The van der Waals surface area contributed by atoms with Crippen molar-refractivity contribution in [3.8, 4) is 5.75 Å². The highest BCUT2D eigenvalue weighted by molar-refractivity contribution is 5.96. The first-order valence-electron chi connectivity index (χ1n) is 9.63. The second-order valence-corrected chi connectivity index (χ2v) is 6.99. The van der Waals surface area contributed by atoms with Crippen molar-refractivity contribution in [1.29, 1.82) is 0 Å². The highest BCUT2D eigenvalue weighted by atomic mass is 16.6. The number of nitrogens with one attached hydrogen (secondary N) is 1. The number of anilines is 1. The van der Waals surface area contributed by atoms with Crippen LogP contribution >= 0.6 is 0 Å². The first-order valence-corrected chi connectivity index (χ1v) is 9.63. The van der Waals surface area contributed by atoms with Crippen LogP contribution in [0.1, 0.15) is 15.9 Å². The molecule has 2 aromatic carbocycles. The lowest BCUT2D eigenvalue weighted by Crippen LogP contribution is -2.48. The number of carbonyl (C=O) groups is 1. The fraction of sp³-hybridized carbons (Fsp3) is 0.381. The van der Waals surface area contributed by atoms with Gasteiger partial charge in [-0.05, 0) is 37.3 Å². The molecule has 0 aromatic heterocycles. The zero-order valence-electron chi connectivity index (χ0n) is 16.8. The molecule has 0 radical (unpaired) electrons. The smallest absolute Gasteiger partial charge is 0.273 e. The van der Waals surface area contributed by atoms with Gasteiger partial charge in [0.05, 0.1) is 12.0 Å². The number of ether oxygens (including phenoxy) is 1. The van der Waals surface area contributed by atoms with E-state index < -0.39 is 4.92 Å². The molecule has 2 aromatic rings. The van der Waals surface area contributed by atoms with Crippen molar-refractivity contribution in [3.63, 3.8) is 0 Å². The molecule has 0 bridgehead atoms. The van der Waals surface area contributed by atoms with Crippen LogP contribution in [0, 0.1) is 17.0 Å². The first-order chi connectivity index (χ1) is 14.0. The predicted molar refractivity (Wildman–Crippen MR) is 112 cm³/mol. The van der Waals surface area contributed by atoms with Gasteiger partial charge in [-0.15, -0.1) is 0 Å².